The highest BCUT2D eigenvalue weighted by molar-refractivity contribution is 5.99. The average molecular weight is 435 g/mol. The van der Waals surface area contributed by atoms with Crippen LogP contribution in [-0.4, -0.2) is 44.3 Å². The molecule has 0 bridgehead atoms. The summed E-state index contributed by atoms with van der Waals surface area (Å²) in [4.78, 5) is 28.8. The molecule has 3 heterocycles. The Labute approximate surface area is 185 Å². The molecule has 7 heteroatoms. The van der Waals surface area contributed by atoms with Gasteiger partial charge in [0.1, 0.15) is 5.58 Å². The molecule has 0 unspecified atom stereocenters. The van der Waals surface area contributed by atoms with E-state index in [1.54, 1.807) is 37.3 Å². The van der Waals surface area contributed by atoms with E-state index in [0.717, 1.165) is 24.0 Å². The van der Waals surface area contributed by atoms with Crippen LogP contribution < -0.4 is 14.9 Å². The lowest BCUT2D eigenvalue weighted by Crippen LogP contribution is -2.36. The van der Waals surface area contributed by atoms with E-state index in [0.29, 0.717) is 41.2 Å². The summed E-state index contributed by atoms with van der Waals surface area (Å²) in [5, 5.41) is 0.473. The van der Waals surface area contributed by atoms with Gasteiger partial charge in [0, 0.05) is 13.2 Å². The van der Waals surface area contributed by atoms with Gasteiger partial charge in [0.25, 0.3) is 5.91 Å². The van der Waals surface area contributed by atoms with Gasteiger partial charge in [0.15, 0.2) is 16.9 Å². The van der Waals surface area contributed by atoms with Crippen LogP contribution in [-0.2, 0) is 4.74 Å². The Morgan fingerprint density at radius 2 is 1.88 bits per heavy atom. The van der Waals surface area contributed by atoms with E-state index >= 15 is 0 Å². The average Bonchev–Trinajstić information content (AvgIpc) is 3.41. The summed E-state index contributed by atoms with van der Waals surface area (Å²) >= 11 is 0. The molecule has 1 fully saturated rings. The number of rotatable bonds is 5. The summed E-state index contributed by atoms with van der Waals surface area (Å²) in [6, 6.07) is 10.3. The van der Waals surface area contributed by atoms with Crippen LogP contribution in [0.25, 0.3) is 11.0 Å². The Morgan fingerprint density at radius 3 is 2.59 bits per heavy atom. The van der Waals surface area contributed by atoms with Crippen LogP contribution in [0.4, 0.5) is 0 Å². The molecule has 2 atom stereocenters. The van der Waals surface area contributed by atoms with Crippen molar-refractivity contribution in [3.05, 3.63) is 69.1 Å². The van der Waals surface area contributed by atoms with Crippen LogP contribution in [0.5, 0.6) is 11.5 Å². The van der Waals surface area contributed by atoms with Crippen molar-refractivity contribution in [2.24, 2.45) is 0 Å². The summed E-state index contributed by atoms with van der Waals surface area (Å²) in [7, 11) is 3.13. The molecule has 2 aliphatic heterocycles. The number of methoxy groups -OCH3 is 2. The number of carbonyl (C=O) groups excluding carboxylic acids is 1. The van der Waals surface area contributed by atoms with E-state index < -0.39 is 6.04 Å². The van der Waals surface area contributed by atoms with E-state index in [2.05, 4.69) is 0 Å². The van der Waals surface area contributed by atoms with Gasteiger partial charge in [-0.2, -0.15) is 0 Å². The molecule has 0 aliphatic carbocycles. The maximum atomic E-state index is 13.6. The third-order valence-electron chi connectivity index (χ3n) is 6.27. The number of nitrogens with zero attached hydrogens (tertiary/aromatic N) is 1. The van der Waals surface area contributed by atoms with Gasteiger partial charge in [-0.1, -0.05) is 17.7 Å². The minimum absolute atomic E-state index is 0.0670. The molecule has 0 spiro atoms. The summed E-state index contributed by atoms with van der Waals surface area (Å²) in [6.07, 6.45) is 1.77. The Kier molecular flexibility index (Phi) is 5.13. The topological polar surface area (TPSA) is 78.2 Å². The highest BCUT2D eigenvalue weighted by atomic mass is 16.5. The molecule has 0 N–H and O–H groups in total. The zero-order valence-corrected chi connectivity index (χ0v) is 18.3. The van der Waals surface area contributed by atoms with Crippen LogP contribution in [0.15, 0.2) is 45.6 Å². The van der Waals surface area contributed by atoms with E-state index in [4.69, 9.17) is 18.6 Å². The minimum atomic E-state index is -0.595. The van der Waals surface area contributed by atoms with Crippen molar-refractivity contribution in [2.45, 2.75) is 31.9 Å². The van der Waals surface area contributed by atoms with Gasteiger partial charge in [-0.25, -0.2) is 0 Å². The second kappa shape index (κ2) is 7.98. The first-order chi connectivity index (χ1) is 15.5. The van der Waals surface area contributed by atoms with Crippen molar-refractivity contribution >= 4 is 16.9 Å². The maximum Gasteiger partial charge on any atom is 0.291 e. The molecule has 2 aromatic carbocycles. The van der Waals surface area contributed by atoms with Crippen molar-refractivity contribution in [3.8, 4) is 11.5 Å². The van der Waals surface area contributed by atoms with Crippen LogP contribution in [0.2, 0.25) is 0 Å². The summed E-state index contributed by atoms with van der Waals surface area (Å²) < 4.78 is 22.7. The molecule has 5 rings (SSSR count). The smallest absolute Gasteiger partial charge is 0.291 e. The zero-order chi connectivity index (χ0) is 22.4. The number of aryl methyl sites for hydroxylation is 1. The molecule has 7 nitrogen and oxygen atoms in total. The van der Waals surface area contributed by atoms with Gasteiger partial charge in [-0.3, -0.25) is 9.59 Å². The second-order valence-electron chi connectivity index (χ2n) is 8.28. The van der Waals surface area contributed by atoms with Crippen molar-refractivity contribution in [2.75, 3.05) is 27.4 Å². The fourth-order valence-corrected chi connectivity index (χ4v) is 4.70. The standard InChI is InChI=1S/C25H25NO6/c1-14-6-8-18-17(11-14)23(27)21-22(15-7-9-19(29-2)20(12-15)30-3)26(25(28)24(21)32-18)13-16-5-4-10-31-16/h6-9,11-12,16,22H,4-5,10,13H2,1-3H3/t16-,22+/m1/s1. The quantitative estimate of drug-likeness (QED) is 0.606. The summed E-state index contributed by atoms with van der Waals surface area (Å²) in [5.41, 5.74) is 2.30. The van der Waals surface area contributed by atoms with E-state index in [1.165, 1.54) is 0 Å². The fourth-order valence-electron chi connectivity index (χ4n) is 4.70. The van der Waals surface area contributed by atoms with Gasteiger partial charge < -0.3 is 23.5 Å². The van der Waals surface area contributed by atoms with Crippen LogP contribution in [0.3, 0.4) is 0 Å². The number of ether oxygens (including phenoxy) is 3. The third-order valence-corrected chi connectivity index (χ3v) is 6.27. The molecule has 1 saturated heterocycles. The summed E-state index contributed by atoms with van der Waals surface area (Å²) in [6.45, 7) is 2.99. The van der Waals surface area contributed by atoms with Crippen LogP contribution in [0, 0.1) is 6.92 Å². The molecule has 3 aromatic rings. The van der Waals surface area contributed by atoms with Crippen LogP contribution in [0.1, 0.15) is 46.1 Å². The number of benzene rings is 2. The third kappa shape index (κ3) is 3.24. The monoisotopic (exact) mass is 435 g/mol. The van der Waals surface area contributed by atoms with Gasteiger partial charge in [-0.15, -0.1) is 0 Å². The molecule has 32 heavy (non-hydrogen) atoms. The Morgan fingerprint density at radius 1 is 1.06 bits per heavy atom. The molecular weight excluding hydrogens is 410 g/mol. The van der Waals surface area contributed by atoms with Gasteiger partial charge in [0.05, 0.1) is 37.3 Å². The fraction of sp³-hybridized carbons (Fsp3) is 0.360. The molecular formula is C25H25NO6. The highest BCUT2D eigenvalue weighted by Gasteiger charge is 2.44. The zero-order valence-electron chi connectivity index (χ0n) is 18.3. The van der Waals surface area contributed by atoms with Crippen molar-refractivity contribution < 1.29 is 23.4 Å². The largest absolute Gasteiger partial charge is 0.493 e. The molecule has 2 aliphatic rings. The predicted molar refractivity (Wildman–Crippen MR) is 119 cm³/mol. The minimum Gasteiger partial charge on any atom is -0.493 e. The maximum absolute atomic E-state index is 13.6. The lowest BCUT2D eigenvalue weighted by molar-refractivity contribution is 0.0486. The molecule has 1 amide bonds. The van der Waals surface area contributed by atoms with Crippen LogP contribution >= 0.6 is 0 Å². The lowest BCUT2D eigenvalue weighted by Gasteiger charge is -2.27. The Balaban J connectivity index is 1.71. The van der Waals surface area contributed by atoms with Gasteiger partial charge >= 0.3 is 0 Å². The van der Waals surface area contributed by atoms with Gasteiger partial charge in [-0.05, 0) is 49.6 Å². The van der Waals surface area contributed by atoms with Crippen molar-refractivity contribution in [1.29, 1.82) is 0 Å². The predicted octanol–water partition coefficient (Wildman–Crippen LogP) is 3.84. The lowest BCUT2D eigenvalue weighted by atomic mass is 9.97. The van der Waals surface area contributed by atoms with Crippen molar-refractivity contribution in [3.63, 3.8) is 0 Å². The number of fused-ring (bicyclic) bond motifs is 2. The normalized spacial score (nSPS) is 20.1. The number of hydrogen-bond donors (Lipinski definition) is 0. The van der Waals surface area contributed by atoms with E-state index in [9.17, 15) is 9.59 Å². The first kappa shape index (κ1) is 20.6. The van der Waals surface area contributed by atoms with E-state index in [1.807, 2.05) is 25.1 Å². The van der Waals surface area contributed by atoms with Crippen molar-refractivity contribution in [1.82, 2.24) is 4.90 Å². The molecule has 1 aromatic heterocycles. The van der Waals surface area contributed by atoms with Gasteiger partial charge in [0.2, 0.25) is 5.76 Å². The second-order valence-corrected chi connectivity index (χ2v) is 8.28. The Bertz CT molecular complexity index is 1260. The number of amides is 1. The van der Waals surface area contributed by atoms with E-state index in [-0.39, 0.29) is 23.2 Å². The first-order valence-corrected chi connectivity index (χ1v) is 10.7. The number of hydrogen-bond acceptors (Lipinski definition) is 6. The molecule has 0 radical (unpaired) electrons. The Hall–Kier alpha value is -3.32. The highest BCUT2D eigenvalue weighted by Crippen LogP contribution is 2.41. The number of carbonyl (C=O) groups is 1. The SMILES string of the molecule is COc1ccc([C@H]2c3c(oc4ccc(C)cc4c3=O)C(=O)N2C[C@H]2CCCO2)cc1OC. The molecule has 0 saturated carbocycles. The first-order valence-electron chi connectivity index (χ1n) is 10.7. The molecule has 166 valence electrons. The summed E-state index contributed by atoms with van der Waals surface area (Å²) in [5.74, 6) is 0.913.